The van der Waals surface area contributed by atoms with E-state index in [-0.39, 0.29) is 0 Å². The van der Waals surface area contributed by atoms with Crippen molar-refractivity contribution in [1.82, 2.24) is 10.2 Å². The second-order valence-electron chi connectivity index (χ2n) is 8.10. The van der Waals surface area contributed by atoms with Crippen molar-refractivity contribution in [2.75, 3.05) is 26.2 Å². The van der Waals surface area contributed by atoms with Crippen molar-refractivity contribution >= 4 is 0 Å². The van der Waals surface area contributed by atoms with E-state index in [2.05, 4.69) is 28.4 Å². The van der Waals surface area contributed by atoms with Gasteiger partial charge in [-0.05, 0) is 60.7 Å². The predicted octanol–water partition coefficient (Wildman–Crippen LogP) is 5.63. The molecule has 4 heteroatoms. The molecular formula is C26H28N2O2. The maximum Gasteiger partial charge on any atom is 0.170 e. The van der Waals surface area contributed by atoms with E-state index in [9.17, 15) is 0 Å². The van der Waals surface area contributed by atoms with Crippen molar-refractivity contribution in [3.63, 3.8) is 0 Å². The molecule has 0 spiro atoms. The van der Waals surface area contributed by atoms with Gasteiger partial charge in [0.25, 0.3) is 0 Å². The Labute approximate surface area is 178 Å². The van der Waals surface area contributed by atoms with Gasteiger partial charge < -0.3 is 14.8 Å². The van der Waals surface area contributed by atoms with Gasteiger partial charge in [0, 0.05) is 32.2 Å². The van der Waals surface area contributed by atoms with Crippen LogP contribution in [0.5, 0.6) is 23.0 Å². The molecule has 0 aromatic heterocycles. The van der Waals surface area contributed by atoms with E-state index < -0.39 is 0 Å². The minimum atomic E-state index is 0.455. The van der Waals surface area contributed by atoms with Crippen LogP contribution in [0.2, 0.25) is 0 Å². The van der Waals surface area contributed by atoms with Gasteiger partial charge in [-0.3, -0.25) is 4.90 Å². The van der Waals surface area contributed by atoms with E-state index in [0.29, 0.717) is 6.04 Å². The lowest BCUT2D eigenvalue weighted by Gasteiger charge is -2.35. The quantitative estimate of drug-likeness (QED) is 0.557. The number of hydrogen-bond donors (Lipinski definition) is 1. The van der Waals surface area contributed by atoms with Crippen LogP contribution in [0.15, 0.2) is 78.9 Å². The Morgan fingerprint density at radius 1 is 0.733 bits per heavy atom. The van der Waals surface area contributed by atoms with Crippen LogP contribution in [0.1, 0.15) is 24.4 Å². The monoisotopic (exact) mass is 400 g/mol. The molecule has 4 nitrogen and oxygen atoms in total. The fourth-order valence-electron chi connectivity index (χ4n) is 4.26. The van der Waals surface area contributed by atoms with Crippen molar-refractivity contribution in [3.05, 3.63) is 84.4 Å². The van der Waals surface area contributed by atoms with Gasteiger partial charge in [-0.2, -0.15) is 0 Å². The van der Waals surface area contributed by atoms with Gasteiger partial charge in [-0.15, -0.1) is 0 Å². The fourth-order valence-corrected chi connectivity index (χ4v) is 4.26. The topological polar surface area (TPSA) is 33.7 Å². The summed E-state index contributed by atoms with van der Waals surface area (Å²) in [6, 6.07) is 26.8. The first-order valence-electron chi connectivity index (χ1n) is 10.9. The van der Waals surface area contributed by atoms with Crippen LogP contribution in [-0.2, 0) is 0 Å². The number of piperazine rings is 1. The molecule has 1 aliphatic carbocycles. The van der Waals surface area contributed by atoms with E-state index in [1.165, 1.54) is 18.4 Å². The smallest absolute Gasteiger partial charge is 0.170 e. The highest BCUT2D eigenvalue weighted by Crippen LogP contribution is 2.47. The number of rotatable bonds is 7. The highest BCUT2D eigenvalue weighted by atomic mass is 16.5. The summed E-state index contributed by atoms with van der Waals surface area (Å²) in [6.07, 6.45) is 2.62. The third kappa shape index (κ3) is 4.50. The van der Waals surface area contributed by atoms with E-state index >= 15 is 0 Å². The Kier molecular flexibility index (Phi) is 5.69. The summed E-state index contributed by atoms with van der Waals surface area (Å²) in [5.74, 6) is 3.88. The molecule has 0 radical (unpaired) electrons. The van der Waals surface area contributed by atoms with Gasteiger partial charge in [0.05, 0.1) is 0 Å². The molecule has 1 aliphatic heterocycles. The first kappa shape index (κ1) is 19.2. The number of nitrogens with zero attached hydrogens (tertiary/aromatic N) is 1. The molecule has 1 N–H and O–H groups in total. The summed E-state index contributed by atoms with van der Waals surface area (Å²) < 4.78 is 12.5. The summed E-state index contributed by atoms with van der Waals surface area (Å²) in [5, 5.41) is 3.47. The number of benzene rings is 3. The van der Waals surface area contributed by atoms with Gasteiger partial charge >= 0.3 is 0 Å². The molecule has 0 amide bonds. The van der Waals surface area contributed by atoms with Gasteiger partial charge in [-0.1, -0.05) is 42.5 Å². The van der Waals surface area contributed by atoms with Crippen LogP contribution < -0.4 is 14.8 Å². The Bertz CT molecular complexity index is 951. The maximum absolute atomic E-state index is 6.30. The molecular weight excluding hydrogens is 372 g/mol. The SMILES string of the molecule is c1ccc(Oc2ccc([C@@H](C3CC3)N3CCNCC3)cc2Oc2ccccc2)cc1. The molecule has 3 aromatic rings. The molecule has 3 aromatic carbocycles. The molecule has 5 rings (SSSR count). The van der Waals surface area contributed by atoms with E-state index in [4.69, 9.17) is 9.47 Å². The van der Waals surface area contributed by atoms with E-state index in [0.717, 1.165) is 55.1 Å². The molecule has 1 saturated carbocycles. The van der Waals surface area contributed by atoms with Crippen molar-refractivity contribution < 1.29 is 9.47 Å². The maximum atomic E-state index is 6.30. The van der Waals surface area contributed by atoms with E-state index in [1.54, 1.807) is 0 Å². The molecule has 2 aliphatic rings. The summed E-state index contributed by atoms with van der Waals surface area (Å²) in [4.78, 5) is 2.63. The van der Waals surface area contributed by atoms with Crippen LogP contribution in [0.25, 0.3) is 0 Å². The molecule has 30 heavy (non-hydrogen) atoms. The van der Waals surface area contributed by atoms with Crippen LogP contribution in [0.4, 0.5) is 0 Å². The molecule has 0 unspecified atom stereocenters. The Morgan fingerprint density at radius 3 is 1.93 bits per heavy atom. The van der Waals surface area contributed by atoms with Gasteiger partial charge in [0.1, 0.15) is 11.5 Å². The molecule has 1 heterocycles. The lowest BCUT2D eigenvalue weighted by atomic mass is 9.99. The van der Waals surface area contributed by atoms with Gasteiger partial charge in [0.15, 0.2) is 11.5 Å². The van der Waals surface area contributed by atoms with Crippen molar-refractivity contribution in [2.45, 2.75) is 18.9 Å². The Morgan fingerprint density at radius 2 is 1.33 bits per heavy atom. The van der Waals surface area contributed by atoms with Crippen LogP contribution in [0, 0.1) is 5.92 Å². The number of nitrogens with one attached hydrogen (secondary N) is 1. The number of para-hydroxylation sites is 2. The minimum Gasteiger partial charge on any atom is -0.453 e. The summed E-state index contributed by atoms with van der Waals surface area (Å²) >= 11 is 0. The fraction of sp³-hybridized carbons (Fsp3) is 0.308. The zero-order chi connectivity index (χ0) is 20.2. The van der Waals surface area contributed by atoms with Crippen molar-refractivity contribution in [3.8, 4) is 23.0 Å². The minimum absolute atomic E-state index is 0.455. The third-order valence-electron chi connectivity index (χ3n) is 5.86. The second-order valence-corrected chi connectivity index (χ2v) is 8.10. The third-order valence-corrected chi connectivity index (χ3v) is 5.86. The average Bonchev–Trinajstić information content (AvgIpc) is 3.63. The molecule has 2 fully saturated rings. The molecule has 1 atom stereocenters. The summed E-state index contributed by atoms with van der Waals surface area (Å²) in [7, 11) is 0. The zero-order valence-corrected chi connectivity index (χ0v) is 17.2. The lowest BCUT2D eigenvalue weighted by molar-refractivity contribution is 0.156. The Hall–Kier alpha value is -2.82. The van der Waals surface area contributed by atoms with Gasteiger partial charge in [0.2, 0.25) is 0 Å². The Balaban J connectivity index is 1.48. The van der Waals surface area contributed by atoms with Crippen molar-refractivity contribution in [1.29, 1.82) is 0 Å². The molecule has 1 saturated heterocycles. The standard InChI is InChI=1S/C26H28N2O2/c1-3-7-22(8-4-1)29-24-14-13-21(19-25(24)30-23-9-5-2-6-10-23)26(20-11-12-20)28-17-15-27-16-18-28/h1-10,13-14,19-20,26-27H,11-12,15-18H2/t26-/m1/s1. The summed E-state index contributed by atoms with van der Waals surface area (Å²) in [6.45, 7) is 4.31. The van der Waals surface area contributed by atoms with Crippen molar-refractivity contribution in [2.24, 2.45) is 5.92 Å². The second kappa shape index (κ2) is 8.90. The number of hydrogen-bond acceptors (Lipinski definition) is 4. The normalized spacial score (nSPS) is 18.0. The first-order valence-corrected chi connectivity index (χ1v) is 10.9. The zero-order valence-electron chi connectivity index (χ0n) is 17.2. The largest absolute Gasteiger partial charge is 0.453 e. The average molecular weight is 401 g/mol. The molecule has 0 bridgehead atoms. The number of ether oxygens (including phenoxy) is 2. The van der Waals surface area contributed by atoms with Crippen LogP contribution >= 0.6 is 0 Å². The lowest BCUT2D eigenvalue weighted by Crippen LogP contribution is -2.45. The molecule has 154 valence electrons. The van der Waals surface area contributed by atoms with Gasteiger partial charge in [-0.25, -0.2) is 0 Å². The van der Waals surface area contributed by atoms with E-state index in [1.807, 2.05) is 60.7 Å². The first-order chi connectivity index (χ1) is 14.9. The highest BCUT2D eigenvalue weighted by Gasteiger charge is 2.37. The summed E-state index contributed by atoms with van der Waals surface area (Å²) in [5.41, 5.74) is 1.32. The highest BCUT2D eigenvalue weighted by molar-refractivity contribution is 5.48. The van der Waals surface area contributed by atoms with Crippen LogP contribution in [0.3, 0.4) is 0 Å². The predicted molar refractivity (Wildman–Crippen MR) is 119 cm³/mol. The van der Waals surface area contributed by atoms with Crippen LogP contribution in [-0.4, -0.2) is 31.1 Å².